The van der Waals surface area contributed by atoms with Crippen molar-refractivity contribution in [2.75, 3.05) is 11.9 Å². The summed E-state index contributed by atoms with van der Waals surface area (Å²) in [5.74, 6) is 0.791. The SMILES string of the molecule is CCOc1ccc(Nc2ccc(S(=O)(=O)O)cc2)cc1. The van der Waals surface area contributed by atoms with Gasteiger partial charge in [0.1, 0.15) is 5.75 Å². The highest BCUT2D eigenvalue weighted by molar-refractivity contribution is 7.85. The smallest absolute Gasteiger partial charge is 0.294 e. The Labute approximate surface area is 118 Å². The summed E-state index contributed by atoms with van der Waals surface area (Å²) in [5.41, 5.74) is 1.58. The molecule has 0 saturated carbocycles. The lowest BCUT2D eigenvalue weighted by Crippen LogP contribution is -1.98. The first-order valence-corrected chi connectivity index (χ1v) is 7.50. The van der Waals surface area contributed by atoms with Crippen LogP contribution in [-0.4, -0.2) is 19.6 Å². The number of ether oxygens (including phenoxy) is 1. The van der Waals surface area contributed by atoms with Crippen molar-refractivity contribution >= 4 is 21.5 Å². The Morgan fingerprint density at radius 2 is 1.50 bits per heavy atom. The monoisotopic (exact) mass is 293 g/mol. The van der Waals surface area contributed by atoms with E-state index in [0.717, 1.165) is 17.1 Å². The van der Waals surface area contributed by atoms with Gasteiger partial charge < -0.3 is 10.1 Å². The first-order valence-electron chi connectivity index (χ1n) is 6.06. The second-order valence-corrected chi connectivity index (χ2v) is 5.50. The molecule has 0 radical (unpaired) electrons. The standard InChI is InChI=1S/C14H15NO4S/c1-2-19-13-7-3-11(4-8-13)15-12-5-9-14(10-6-12)20(16,17)18/h3-10,15H,2H2,1H3,(H,16,17,18). The largest absolute Gasteiger partial charge is 0.494 e. The zero-order valence-electron chi connectivity index (χ0n) is 10.9. The van der Waals surface area contributed by atoms with Crippen molar-refractivity contribution in [1.82, 2.24) is 0 Å². The van der Waals surface area contributed by atoms with Crippen LogP contribution in [0.2, 0.25) is 0 Å². The van der Waals surface area contributed by atoms with E-state index in [9.17, 15) is 8.42 Å². The molecule has 2 aromatic carbocycles. The lowest BCUT2D eigenvalue weighted by atomic mass is 10.2. The lowest BCUT2D eigenvalue weighted by molar-refractivity contribution is 0.340. The van der Waals surface area contributed by atoms with Gasteiger partial charge in [-0.2, -0.15) is 8.42 Å². The third kappa shape index (κ3) is 3.72. The molecule has 2 rings (SSSR count). The van der Waals surface area contributed by atoms with Crippen LogP contribution in [0.4, 0.5) is 11.4 Å². The van der Waals surface area contributed by atoms with E-state index in [1.165, 1.54) is 12.1 Å². The van der Waals surface area contributed by atoms with E-state index in [0.29, 0.717) is 6.61 Å². The Bertz CT molecular complexity index is 663. The Morgan fingerprint density at radius 3 is 1.95 bits per heavy atom. The zero-order chi connectivity index (χ0) is 14.6. The molecule has 0 aliphatic rings. The molecule has 106 valence electrons. The molecule has 20 heavy (non-hydrogen) atoms. The van der Waals surface area contributed by atoms with E-state index in [1.54, 1.807) is 12.1 Å². The summed E-state index contributed by atoms with van der Waals surface area (Å²) in [4.78, 5) is -0.130. The van der Waals surface area contributed by atoms with Gasteiger partial charge in [-0.15, -0.1) is 0 Å². The van der Waals surface area contributed by atoms with Gasteiger partial charge in [0.2, 0.25) is 0 Å². The average molecular weight is 293 g/mol. The fourth-order valence-corrected chi connectivity index (χ4v) is 2.16. The number of hydrogen-bond acceptors (Lipinski definition) is 4. The molecule has 0 bridgehead atoms. The predicted octanol–water partition coefficient (Wildman–Crippen LogP) is 3.08. The maximum atomic E-state index is 10.9. The number of rotatable bonds is 5. The summed E-state index contributed by atoms with van der Waals surface area (Å²) >= 11 is 0. The number of nitrogens with one attached hydrogen (secondary N) is 1. The molecular weight excluding hydrogens is 278 g/mol. The van der Waals surface area contributed by atoms with Crippen LogP contribution in [-0.2, 0) is 10.1 Å². The van der Waals surface area contributed by atoms with Gasteiger partial charge in [0.05, 0.1) is 11.5 Å². The van der Waals surface area contributed by atoms with Crippen LogP contribution in [0.25, 0.3) is 0 Å². The first kappa shape index (κ1) is 14.4. The van der Waals surface area contributed by atoms with Gasteiger partial charge in [-0.1, -0.05) is 0 Å². The fraction of sp³-hybridized carbons (Fsp3) is 0.143. The van der Waals surface area contributed by atoms with Gasteiger partial charge in [-0.3, -0.25) is 4.55 Å². The molecule has 0 saturated heterocycles. The van der Waals surface area contributed by atoms with Crippen LogP contribution in [0, 0.1) is 0 Å². The minimum Gasteiger partial charge on any atom is -0.494 e. The third-order valence-corrected chi connectivity index (χ3v) is 3.47. The second kappa shape index (κ2) is 5.94. The summed E-state index contributed by atoms with van der Waals surface area (Å²) in [6.45, 7) is 2.53. The van der Waals surface area contributed by atoms with Gasteiger partial charge in [0, 0.05) is 11.4 Å². The van der Waals surface area contributed by atoms with Crippen molar-refractivity contribution in [3.05, 3.63) is 48.5 Å². The van der Waals surface area contributed by atoms with E-state index in [2.05, 4.69) is 5.32 Å². The van der Waals surface area contributed by atoms with Crippen LogP contribution in [0.5, 0.6) is 5.75 Å². The molecule has 0 fully saturated rings. The topological polar surface area (TPSA) is 75.6 Å². The van der Waals surface area contributed by atoms with Gasteiger partial charge >= 0.3 is 0 Å². The van der Waals surface area contributed by atoms with Crippen molar-refractivity contribution in [2.45, 2.75) is 11.8 Å². The molecule has 0 atom stereocenters. The molecule has 0 heterocycles. The molecule has 0 aliphatic carbocycles. The zero-order valence-corrected chi connectivity index (χ0v) is 11.7. The van der Waals surface area contributed by atoms with Crippen LogP contribution in [0.1, 0.15) is 6.92 Å². The van der Waals surface area contributed by atoms with Crippen LogP contribution in [0.3, 0.4) is 0 Å². The molecular formula is C14H15NO4S. The van der Waals surface area contributed by atoms with Crippen LogP contribution < -0.4 is 10.1 Å². The number of anilines is 2. The van der Waals surface area contributed by atoms with Crippen molar-refractivity contribution in [3.8, 4) is 5.75 Å². The van der Waals surface area contributed by atoms with E-state index in [1.807, 2.05) is 31.2 Å². The normalized spacial score (nSPS) is 11.1. The summed E-state index contributed by atoms with van der Waals surface area (Å²) in [6.07, 6.45) is 0. The van der Waals surface area contributed by atoms with E-state index in [4.69, 9.17) is 9.29 Å². The van der Waals surface area contributed by atoms with Gasteiger partial charge in [0.25, 0.3) is 10.1 Å². The minimum atomic E-state index is -4.15. The Kier molecular flexibility index (Phi) is 4.26. The molecule has 6 heteroatoms. The van der Waals surface area contributed by atoms with Crippen molar-refractivity contribution in [1.29, 1.82) is 0 Å². The molecule has 2 aromatic rings. The first-order chi connectivity index (χ1) is 9.49. The third-order valence-electron chi connectivity index (χ3n) is 2.61. The molecule has 0 aromatic heterocycles. The van der Waals surface area contributed by atoms with Crippen molar-refractivity contribution < 1.29 is 17.7 Å². The molecule has 0 unspecified atom stereocenters. The highest BCUT2D eigenvalue weighted by Gasteiger charge is 2.08. The number of hydrogen-bond donors (Lipinski definition) is 2. The summed E-state index contributed by atoms with van der Waals surface area (Å²) in [7, 11) is -4.15. The van der Waals surface area contributed by atoms with Crippen LogP contribution >= 0.6 is 0 Å². The maximum Gasteiger partial charge on any atom is 0.294 e. The second-order valence-electron chi connectivity index (χ2n) is 4.08. The van der Waals surface area contributed by atoms with E-state index in [-0.39, 0.29) is 4.90 Å². The minimum absolute atomic E-state index is 0.130. The summed E-state index contributed by atoms with van der Waals surface area (Å²) < 4.78 is 36.1. The quantitative estimate of drug-likeness (QED) is 0.829. The van der Waals surface area contributed by atoms with Gasteiger partial charge in [0.15, 0.2) is 0 Å². The molecule has 2 N–H and O–H groups in total. The molecule has 0 spiro atoms. The predicted molar refractivity (Wildman–Crippen MR) is 77.2 cm³/mol. The molecule has 5 nitrogen and oxygen atoms in total. The highest BCUT2D eigenvalue weighted by atomic mass is 32.2. The van der Waals surface area contributed by atoms with E-state index >= 15 is 0 Å². The van der Waals surface area contributed by atoms with Gasteiger partial charge in [-0.05, 0) is 55.5 Å². The number of benzene rings is 2. The maximum absolute atomic E-state index is 10.9. The average Bonchev–Trinajstić information content (AvgIpc) is 2.41. The fourth-order valence-electron chi connectivity index (χ4n) is 1.68. The van der Waals surface area contributed by atoms with E-state index < -0.39 is 10.1 Å². The Hall–Kier alpha value is -2.05. The molecule has 0 aliphatic heterocycles. The van der Waals surface area contributed by atoms with Gasteiger partial charge in [-0.25, -0.2) is 0 Å². The lowest BCUT2D eigenvalue weighted by Gasteiger charge is -2.08. The highest BCUT2D eigenvalue weighted by Crippen LogP contribution is 2.21. The molecule has 0 amide bonds. The van der Waals surface area contributed by atoms with Crippen LogP contribution in [0.15, 0.2) is 53.4 Å². The van der Waals surface area contributed by atoms with Crippen molar-refractivity contribution in [3.63, 3.8) is 0 Å². The Morgan fingerprint density at radius 1 is 1.00 bits per heavy atom. The van der Waals surface area contributed by atoms with Crippen molar-refractivity contribution in [2.24, 2.45) is 0 Å². The Balaban J connectivity index is 2.10. The summed E-state index contributed by atoms with van der Waals surface area (Å²) in [5, 5.41) is 3.12. The summed E-state index contributed by atoms with van der Waals surface area (Å²) in [6, 6.07) is 13.3.